The van der Waals surface area contributed by atoms with E-state index < -0.39 is 0 Å². The second kappa shape index (κ2) is 4.78. The van der Waals surface area contributed by atoms with Gasteiger partial charge < -0.3 is 10.5 Å². The van der Waals surface area contributed by atoms with Crippen LogP contribution in [0.4, 0.5) is 4.39 Å². The molecule has 2 aromatic rings. The summed E-state index contributed by atoms with van der Waals surface area (Å²) in [5.41, 5.74) is 7.90. The highest BCUT2D eigenvalue weighted by Gasteiger charge is 2.14. The van der Waals surface area contributed by atoms with Crippen LogP contribution in [0.25, 0.3) is 0 Å². The first-order chi connectivity index (χ1) is 8.52. The molecule has 0 aliphatic heterocycles. The van der Waals surface area contributed by atoms with Crippen LogP contribution in [0.5, 0.6) is 11.6 Å². The van der Waals surface area contributed by atoms with Crippen molar-refractivity contribution in [3.63, 3.8) is 0 Å². The number of nitrogens with two attached hydrogens (primary N) is 1. The van der Waals surface area contributed by atoms with Gasteiger partial charge in [0.2, 0.25) is 5.88 Å². The predicted molar refractivity (Wildman–Crippen MR) is 67.0 cm³/mol. The fraction of sp³-hybridized carbons (Fsp3) is 0.308. The van der Waals surface area contributed by atoms with Crippen LogP contribution in [0.1, 0.15) is 16.8 Å². The van der Waals surface area contributed by atoms with Gasteiger partial charge in [-0.3, -0.25) is 0 Å². The summed E-state index contributed by atoms with van der Waals surface area (Å²) in [6, 6.07) is 4.76. The highest BCUT2D eigenvalue weighted by Crippen LogP contribution is 2.27. The molecular formula is C13H16FN3O. The van der Waals surface area contributed by atoms with Crippen molar-refractivity contribution < 1.29 is 9.13 Å². The maximum Gasteiger partial charge on any atom is 0.222 e. The number of aryl methyl sites for hydroxylation is 3. The summed E-state index contributed by atoms with van der Waals surface area (Å²) < 4.78 is 20.7. The third-order valence-corrected chi connectivity index (χ3v) is 2.85. The molecule has 0 bridgehead atoms. The summed E-state index contributed by atoms with van der Waals surface area (Å²) in [5.74, 6) is 0.703. The van der Waals surface area contributed by atoms with Crippen molar-refractivity contribution in [1.29, 1.82) is 0 Å². The van der Waals surface area contributed by atoms with Crippen LogP contribution in [0.3, 0.4) is 0 Å². The Hall–Kier alpha value is -1.88. The molecule has 0 saturated heterocycles. The lowest BCUT2D eigenvalue weighted by molar-refractivity contribution is 0.422. The van der Waals surface area contributed by atoms with E-state index in [-0.39, 0.29) is 5.82 Å². The molecule has 0 fully saturated rings. The van der Waals surface area contributed by atoms with E-state index in [4.69, 9.17) is 10.5 Å². The number of aromatic nitrogens is 2. The molecule has 18 heavy (non-hydrogen) atoms. The van der Waals surface area contributed by atoms with Gasteiger partial charge in [-0.1, -0.05) is 6.07 Å². The van der Waals surface area contributed by atoms with Crippen molar-refractivity contribution in [2.45, 2.75) is 20.4 Å². The van der Waals surface area contributed by atoms with Gasteiger partial charge in [0.25, 0.3) is 0 Å². The Kier molecular flexibility index (Phi) is 3.34. The third-order valence-electron chi connectivity index (χ3n) is 2.85. The van der Waals surface area contributed by atoms with Gasteiger partial charge in [0.1, 0.15) is 11.6 Å². The lowest BCUT2D eigenvalue weighted by atomic mass is 10.2. The van der Waals surface area contributed by atoms with Gasteiger partial charge in [-0.15, -0.1) is 0 Å². The molecule has 1 aromatic carbocycles. The summed E-state index contributed by atoms with van der Waals surface area (Å²) in [6.45, 7) is 3.91. The average Bonchev–Trinajstić information content (AvgIpc) is 2.58. The Bertz CT molecular complexity index is 578. The molecule has 0 amide bonds. The smallest absolute Gasteiger partial charge is 0.222 e. The molecule has 0 saturated carbocycles. The minimum absolute atomic E-state index is 0.291. The molecule has 0 aliphatic rings. The minimum Gasteiger partial charge on any atom is -0.439 e. The second-order valence-electron chi connectivity index (χ2n) is 4.21. The second-order valence-corrected chi connectivity index (χ2v) is 4.21. The molecule has 1 heterocycles. The van der Waals surface area contributed by atoms with Gasteiger partial charge in [0.15, 0.2) is 0 Å². The Balaban J connectivity index is 2.36. The standard InChI is InChI=1S/C13H16FN3O/c1-8-4-5-10(6-12(8)14)18-13-11(7-15)9(2)16-17(13)3/h4-6H,7,15H2,1-3H3. The van der Waals surface area contributed by atoms with Crippen LogP contribution in [-0.4, -0.2) is 9.78 Å². The molecule has 5 heteroatoms. The zero-order valence-corrected chi connectivity index (χ0v) is 10.7. The van der Waals surface area contributed by atoms with Crippen molar-refractivity contribution >= 4 is 0 Å². The molecule has 2 rings (SSSR count). The lowest BCUT2D eigenvalue weighted by Crippen LogP contribution is -2.01. The van der Waals surface area contributed by atoms with Gasteiger partial charge in [0, 0.05) is 19.7 Å². The van der Waals surface area contributed by atoms with E-state index in [0.717, 1.165) is 11.3 Å². The number of hydrogen-bond donors (Lipinski definition) is 1. The summed E-state index contributed by atoms with van der Waals surface area (Å²) in [7, 11) is 1.77. The first-order valence-corrected chi connectivity index (χ1v) is 5.69. The molecule has 0 atom stereocenters. The first kappa shape index (κ1) is 12.6. The Morgan fingerprint density at radius 2 is 2.11 bits per heavy atom. The van der Waals surface area contributed by atoms with E-state index in [0.29, 0.717) is 23.7 Å². The quantitative estimate of drug-likeness (QED) is 0.908. The van der Waals surface area contributed by atoms with Crippen LogP contribution < -0.4 is 10.5 Å². The molecule has 0 radical (unpaired) electrons. The summed E-state index contributed by atoms with van der Waals surface area (Å²) >= 11 is 0. The van der Waals surface area contributed by atoms with Gasteiger partial charge in [-0.2, -0.15) is 5.10 Å². The van der Waals surface area contributed by atoms with E-state index in [9.17, 15) is 4.39 Å². The van der Waals surface area contributed by atoms with Gasteiger partial charge >= 0.3 is 0 Å². The maximum atomic E-state index is 13.4. The monoisotopic (exact) mass is 249 g/mol. The largest absolute Gasteiger partial charge is 0.439 e. The molecule has 2 N–H and O–H groups in total. The Morgan fingerprint density at radius 1 is 1.39 bits per heavy atom. The van der Waals surface area contributed by atoms with Crippen molar-refractivity contribution in [3.05, 3.63) is 40.8 Å². The van der Waals surface area contributed by atoms with E-state index in [2.05, 4.69) is 5.10 Å². The number of nitrogens with zero attached hydrogens (tertiary/aromatic N) is 2. The topological polar surface area (TPSA) is 53.1 Å². The molecule has 0 unspecified atom stereocenters. The van der Waals surface area contributed by atoms with Crippen LogP contribution in [-0.2, 0) is 13.6 Å². The summed E-state index contributed by atoms with van der Waals surface area (Å²) in [5, 5.41) is 4.24. The van der Waals surface area contributed by atoms with Gasteiger partial charge in [0.05, 0.1) is 11.3 Å². The van der Waals surface area contributed by atoms with Crippen molar-refractivity contribution in [1.82, 2.24) is 9.78 Å². The number of ether oxygens (including phenoxy) is 1. The maximum absolute atomic E-state index is 13.4. The molecule has 0 spiro atoms. The molecule has 0 aliphatic carbocycles. The number of halogens is 1. The molecule has 1 aromatic heterocycles. The van der Waals surface area contributed by atoms with Crippen LogP contribution in [0.15, 0.2) is 18.2 Å². The minimum atomic E-state index is -0.291. The molecule has 96 valence electrons. The number of hydrogen-bond acceptors (Lipinski definition) is 3. The fourth-order valence-electron chi connectivity index (χ4n) is 1.79. The van der Waals surface area contributed by atoms with E-state index in [1.165, 1.54) is 6.07 Å². The van der Waals surface area contributed by atoms with Crippen molar-refractivity contribution in [3.8, 4) is 11.6 Å². The molecular weight excluding hydrogens is 233 g/mol. The number of rotatable bonds is 3. The van der Waals surface area contributed by atoms with E-state index in [1.54, 1.807) is 30.8 Å². The molecule has 4 nitrogen and oxygen atoms in total. The normalized spacial score (nSPS) is 10.7. The van der Waals surface area contributed by atoms with Crippen LogP contribution in [0.2, 0.25) is 0 Å². The van der Waals surface area contributed by atoms with E-state index in [1.807, 2.05) is 6.92 Å². The first-order valence-electron chi connectivity index (χ1n) is 5.69. The number of benzene rings is 1. The zero-order chi connectivity index (χ0) is 13.3. The lowest BCUT2D eigenvalue weighted by Gasteiger charge is -2.08. The SMILES string of the molecule is Cc1ccc(Oc2c(CN)c(C)nn2C)cc1F. The van der Waals surface area contributed by atoms with Gasteiger partial charge in [-0.05, 0) is 25.5 Å². The van der Waals surface area contributed by atoms with Gasteiger partial charge in [-0.25, -0.2) is 9.07 Å². The third kappa shape index (κ3) is 2.22. The highest BCUT2D eigenvalue weighted by molar-refractivity contribution is 5.36. The van der Waals surface area contributed by atoms with Crippen LogP contribution in [0, 0.1) is 19.7 Å². The average molecular weight is 249 g/mol. The van der Waals surface area contributed by atoms with E-state index >= 15 is 0 Å². The Morgan fingerprint density at radius 3 is 2.72 bits per heavy atom. The van der Waals surface area contributed by atoms with Crippen molar-refractivity contribution in [2.24, 2.45) is 12.8 Å². The van der Waals surface area contributed by atoms with Crippen molar-refractivity contribution in [2.75, 3.05) is 0 Å². The zero-order valence-electron chi connectivity index (χ0n) is 10.7. The summed E-state index contributed by atoms with van der Waals surface area (Å²) in [4.78, 5) is 0. The summed E-state index contributed by atoms with van der Waals surface area (Å²) in [6.07, 6.45) is 0. The van der Waals surface area contributed by atoms with Crippen LogP contribution >= 0.6 is 0 Å². The fourth-order valence-corrected chi connectivity index (χ4v) is 1.79. The Labute approximate surface area is 105 Å². The highest BCUT2D eigenvalue weighted by atomic mass is 19.1. The predicted octanol–water partition coefficient (Wildman–Crippen LogP) is 2.43.